The van der Waals surface area contributed by atoms with Crippen LogP contribution in [0.2, 0.25) is 0 Å². The van der Waals surface area contributed by atoms with Crippen molar-refractivity contribution in [2.24, 2.45) is 0 Å². The van der Waals surface area contributed by atoms with Gasteiger partial charge < -0.3 is 15.0 Å². The van der Waals surface area contributed by atoms with Gasteiger partial charge >= 0.3 is 0 Å². The van der Waals surface area contributed by atoms with E-state index in [9.17, 15) is 4.79 Å². The zero-order valence-corrected chi connectivity index (χ0v) is 11.9. The number of amides is 1. The first kappa shape index (κ1) is 13.8. The lowest BCUT2D eigenvalue weighted by atomic mass is 9.85. The number of carbonyl (C=O) groups excluding carboxylic acids is 1. The second kappa shape index (κ2) is 5.57. The SMILES string of the molecule is CCC1(CC)CC(N2CCC(NC)C2=O)CCO1. The zero-order valence-electron chi connectivity index (χ0n) is 11.9. The van der Waals surface area contributed by atoms with E-state index in [1.807, 2.05) is 7.05 Å². The maximum atomic E-state index is 12.2. The fourth-order valence-electron chi connectivity index (χ4n) is 3.34. The normalized spacial score (nSPS) is 31.9. The summed E-state index contributed by atoms with van der Waals surface area (Å²) in [5, 5.41) is 3.11. The fraction of sp³-hybridized carbons (Fsp3) is 0.929. The second-order valence-electron chi connectivity index (χ2n) is 5.55. The monoisotopic (exact) mass is 254 g/mol. The van der Waals surface area contributed by atoms with E-state index in [1.165, 1.54) is 0 Å². The molecule has 0 radical (unpaired) electrons. The second-order valence-corrected chi connectivity index (χ2v) is 5.55. The maximum Gasteiger partial charge on any atom is 0.240 e. The van der Waals surface area contributed by atoms with Gasteiger partial charge in [-0.1, -0.05) is 13.8 Å². The van der Waals surface area contributed by atoms with Crippen molar-refractivity contribution in [1.29, 1.82) is 0 Å². The highest BCUT2D eigenvalue weighted by molar-refractivity contribution is 5.84. The minimum atomic E-state index is 0.000919. The number of nitrogens with zero attached hydrogens (tertiary/aromatic N) is 1. The van der Waals surface area contributed by atoms with E-state index in [2.05, 4.69) is 24.1 Å². The largest absolute Gasteiger partial charge is 0.375 e. The van der Waals surface area contributed by atoms with Crippen molar-refractivity contribution in [3.63, 3.8) is 0 Å². The van der Waals surface area contributed by atoms with Crippen molar-refractivity contribution in [2.75, 3.05) is 20.2 Å². The predicted molar refractivity (Wildman–Crippen MR) is 71.5 cm³/mol. The van der Waals surface area contributed by atoms with E-state index in [0.717, 1.165) is 45.3 Å². The summed E-state index contributed by atoms with van der Waals surface area (Å²) < 4.78 is 5.99. The molecule has 0 aliphatic carbocycles. The van der Waals surface area contributed by atoms with Crippen LogP contribution in [0.3, 0.4) is 0 Å². The number of hydrogen-bond acceptors (Lipinski definition) is 3. The van der Waals surface area contributed by atoms with Gasteiger partial charge in [-0.25, -0.2) is 0 Å². The molecular formula is C14H26N2O2. The molecule has 2 saturated heterocycles. The third-order valence-electron chi connectivity index (χ3n) is 4.78. The molecule has 2 aliphatic rings. The van der Waals surface area contributed by atoms with Crippen LogP contribution in [0.15, 0.2) is 0 Å². The van der Waals surface area contributed by atoms with Crippen LogP contribution in [0, 0.1) is 0 Å². The highest BCUT2D eigenvalue weighted by Crippen LogP contribution is 2.34. The number of likely N-dealkylation sites (tertiary alicyclic amines) is 1. The molecule has 1 N–H and O–H groups in total. The fourth-order valence-corrected chi connectivity index (χ4v) is 3.34. The molecule has 0 aromatic rings. The first-order chi connectivity index (χ1) is 8.65. The molecule has 0 bridgehead atoms. The van der Waals surface area contributed by atoms with Crippen molar-refractivity contribution in [2.45, 2.75) is 63.6 Å². The Balaban J connectivity index is 2.03. The van der Waals surface area contributed by atoms with Gasteiger partial charge in [0, 0.05) is 19.2 Å². The van der Waals surface area contributed by atoms with Crippen LogP contribution in [0.5, 0.6) is 0 Å². The Hall–Kier alpha value is -0.610. The lowest BCUT2D eigenvalue weighted by molar-refractivity contribution is -0.140. The lowest BCUT2D eigenvalue weighted by Gasteiger charge is -2.43. The van der Waals surface area contributed by atoms with Gasteiger partial charge in [-0.05, 0) is 39.2 Å². The molecule has 0 aromatic carbocycles. The van der Waals surface area contributed by atoms with E-state index >= 15 is 0 Å². The molecule has 2 fully saturated rings. The molecule has 18 heavy (non-hydrogen) atoms. The molecular weight excluding hydrogens is 228 g/mol. The first-order valence-corrected chi connectivity index (χ1v) is 7.27. The molecule has 4 nitrogen and oxygen atoms in total. The van der Waals surface area contributed by atoms with Crippen LogP contribution in [0.25, 0.3) is 0 Å². The summed E-state index contributed by atoms with van der Waals surface area (Å²) in [6.07, 6.45) is 5.01. The summed E-state index contributed by atoms with van der Waals surface area (Å²) in [5.74, 6) is 0.283. The quantitative estimate of drug-likeness (QED) is 0.827. The highest BCUT2D eigenvalue weighted by Gasteiger charge is 2.41. The number of likely N-dealkylation sites (N-methyl/N-ethyl adjacent to an activating group) is 1. The molecule has 2 heterocycles. The van der Waals surface area contributed by atoms with E-state index in [0.29, 0.717) is 6.04 Å². The molecule has 0 aromatic heterocycles. The van der Waals surface area contributed by atoms with E-state index < -0.39 is 0 Å². The summed E-state index contributed by atoms with van der Waals surface area (Å²) in [6.45, 7) is 6.07. The topological polar surface area (TPSA) is 41.6 Å². The summed E-state index contributed by atoms with van der Waals surface area (Å²) in [5.41, 5.74) is 0.000919. The Morgan fingerprint density at radius 1 is 1.39 bits per heavy atom. The van der Waals surface area contributed by atoms with Gasteiger partial charge in [0.05, 0.1) is 11.6 Å². The van der Waals surface area contributed by atoms with Gasteiger partial charge in [-0.3, -0.25) is 4.79 Å². The average Bonchev–Trinajstić information content (AvgIpc) is 2.80. The molecule has 2 unspecified atom stereocenters. The van der Waals surface area contributed by atoms with Crippen molar-refractivity contribution >= 4 is 5.91 Å². The van der Waals surface area contributed by atoms with E-state index in [-0.39, 0.29) is 17.6 Å². The Labute approximate surface area is 110 Å². The zero-order chi connectivity index (χ0) is 13.2. The number of rotatable bonds is 4. The van der Waals surface area contributed by atoms with Gasteiger partial charge in [0.1, 0.15) is 0 Å². The molecule has 104 valence electrons. The van der Waals surface area contributed by atoms with Crippen LogP contribution in [0.1, 0.15) is 46.0 Å². The molecule has 0 spiro atoms. The van der Waals surface area contributed by atoms with Gasteiger partial charge in [0.2, 0.25) is 5.91 Å². The third-order valence-corrected chi connectivity index (χ3v) is 4.78. The maximum absolute atomic E-state index is 12.2. The summed E-state index contributed by atoms with van der Waals surface area (Å²) in [4.78, 5) is 14.3. The van der Waals surface area contributed by atoms with E-state index in [4.69, 9.17) is 4.74 Å². The van der Waals surface area contributed by atoms with E-state index in [1.54, 1.807) is 0 Å². The Kier molecular flexibility index (Phi) is 4.28. The van der Waals surface area contributed by atoms with Gasteiger partial charge in [-0.2, -0.15) is 0 Å². The standard InChI is InChI=1S/C14H26N2O2/c1-4-14(5-2)10-11(7-9-18-14)16-8-6-12(15-3)13(16)17/h11-12,15H,4-10H2,1-3H3. The van der Waals surface area contributed by atoms with Crippen LogP contribution in [-0.4, -0.2) is 48.7 Å². The minimum absolute atomic E-state index is 0.000919. The first-order valence-electron chi connectivity index (χ1n) is 7.27. The van der Waals surface area contributed by atoms with Crippen LogP contribution in [-0.2, 0) is 9.53 Å². The molecule has 4 heteroatoms. The molecule has 0 saturated carbocycles. The molecule has 1 amide bonds. The summed E-state index contributed by atoms with van der Waals surface area (Å²) in [6, 6.07) is 0.412. The number of carbonyl (C=O) groups is 1. The minimum Gasteiger partial charge on any atom is -0.375 e. The average molecular weight is 254 g/mol. The number of hydrogen-bond donors (Lipinski definition) is 1. The van der Waals surface area contributed by atoms with Crippen molar-refractivity contribution in [3.05, 3.63) is 0 Å². The smallest absolute Gasteiger partial charge is 0.240 e. The Morgan fingerprint density at radius 3 is 2.67 bits per heavy atom. The highest BCUT2D eigenvalue weighted by atomic mass is 16.5. The van der Waals surface area contributed by atoms with Crippen molar-refractivity contribution in [1.82, 2.24) is 10.2 Å². The van der Waals surface area contributed by atoms with Gasteiger partial charge in [0.25, 0.3) is 0 Å². The predicted octanol–water partition coefficient (Wildman–Crippen LogP) is 1.54. The molecule has 2 aliphatic heterocycles. The van der Waals surface area contributed by atoms with Gasteiger partial charge in [-0.15, -0.1) is 0 Å². The Morgan fingerprint density at radius 2 is 2.11 bits per heavy atom. The lowest BCUT2D eigenvalue weighted by Crippen LogP contribution is -2.50. The number of nitrogens with one attached hydrogen (secondary N) is 1. The molecule has 2 rings (SSSR count). The third kappa shape index (κ3) is 2.41. The van der Waals surface area contributed by atoms with Crippen LogP contribution in [0.4, 0.5) is 0 Å². The Bertz CT molecular complexity index is 302. The van der Waals surface area contributed by atoms with Crippen molar-refractivity contribution < 1.29 is 9.53 Å². The van der Waals surface area contributed by atoms with Gasteiger partial charge in [0.15, 0.2) is 0 Å². The van der Waals surface area contributed by atoms with Crippen LogP contribution >= 0.6 is 0 Å². The molecule has 2 atom stereocenters. The summed E-state index contributed by atoms with van der Waals surface area (Å²) >= 11 is 0. The van der Waals surface area contributed by atoms with Crippen LogP contribution < -0.4 is 5.32 Å². The van der Waals surface area contributed by atoms with Crippen molar-refractivity contribution in [3.8, 4) is 0 Å². The summed E-state index contributed by atoms with van der Waals surface area (Å²) in [7, 11) is 1.87. The number of ether oxygens (including phenoxy) is 1.